The summed E-state index contributed by atoms with van der Waals surface area (Å²) in [5.41, 5.74) is 5.03. The number of imidazole rings is 1. The van der Waals surface area contributed by atoms with Crippen molar-refractivity contribution in [3.63, 3.8) is 0 Å². The molecule has 7 nitrogen and oxygen atoms in total. The van der Waals surface area contributed by atoms with E-state index in [9.17, 15) is 4.79 Å². The third-order valence-electron chi connectivity index (χ3n) is 5.68. The summed E-state index contributed by atoms with van der Waals surface area (Å²) in [5.74, 6) is 0.518. The van der Waals surface area contributed by atoms with E-state index in [4.69, 9.17) is 4.98 Å². The summed E-state index contributed by atoms with van der Waals surface area (Å²) < 4.78 is 3.74. The Hall–Kier alpha value is -4.26. The Bertz CT molecular complexity index is 1400. The van der Waals surface area contributed by atoms with Crippen molar-refractivity contribution in [2.24, 2.45) is 0 Å². The molecule has 0 aliphatic carbocycles. The number of aromatic nitrogens is 5. The van der Waals surface area contributed by atoms with Gasteiger partial charge >= 0.3 is 0 Å². The van der Waals surface area contributed by atoms with Crippen molar-refractivity contribution >= 4 is 11.4 Å². The second kappa shape index (κ2) is 8.70. The van der Waals surface area contributed by atoms with Crippen molar-refractivity contribution in [1.29, 1.82) is 0 Å². The smallest absolute Gasteiger partial charge is 0.275 e. The highest BCUT2D eigenvalue weighted by atomic mass is 16.2. The highest BCUT2D eigenvalue weighted by Crippen LogP contribution is 2.26. The van der Waals surface area contributed by atoms with Crippen LogP contribution in [0.5, 0.6) is 0 Å². The van der Waals surface area contributed by atoms with Crippen molar-refractivity contribution in [2.75, 3.05) is 6.54 Å². The van der Waals surface area contributed by atoms with Crippen LogP contribution in [-0.4, -0.2) is 41.5 Å². The molecule has 0 aliphatic heterocycles. The normalized spacial score (nSPS) is 11.1. The Morgan fingerprint density at radius 3 is 2.55 bits per heavy atom. The van der Waals surface area contributed by atoms with Crippen LogP contribution in [0.1, 0.15) is 28.5 Å². The van der Waals surface area contributed by atoms with Crippen LogP contribution in [-0.2, 0) is 6.54 Å². The fraction of sp³-hybridized carbons (Fsp3) is 0.154. The van der Waals surface area contributed by atoms with Crippen molar-refractivity contribution in [1.82, 2.24) is 29.0 Å². The average molecular weight is 437 g/mol. The van der Waals surface area contributed by atoms with Gasteiger partial charge in [-0.25, -0.2) is 9.67 Å². The number of aryl methyl sites for hydroxylation is 1. The maximum absolute atomic E-state index is 13.6. The highest BCUT2D eigenvalue weighted by Gasteiger charge is 2.24. The van der Waals surface area contributed by atoms with Gasteiger partial charge in [-0.3, -0.25) is 14.2 Å². The Morgan fingerprint density at radius 1 is 1.00 bits per heavy atom. The van der Waals surface area contributed by atoms with Gasteiger partial charge in [0.15, 0.2) is 11.5 Å². The number of rotatable bonds is 6. The minimum Gasteiger partial charge on any atom is -0.333 e. The molecule has 0 radical (unpaired) electrons. The molecule has 0 unspecified atom stereocenters. The largest absolute Gasteiger partial charge is 0.333 e. The van der Waals surface area contributed by atoms with Crippen LogP contribution in [0.3, 0.4) is 0 Å². The molecule has 5 rings (SSSR count). The van der Waals surface area contributed by atoms with Crippen LogP contribution in [0.2, 0.25) is 0 Å². The average Bonchev–Trinajstić information content (AvgIpc) is 3.48. The van der Waals surface area contributed by atoms with Crippen molar-refractivity contribution < 1.29 is 4.79 Å². The molecule has 7 heteroatoms. The molecule has 0 fully saturated rings. The van der Waals surface area contributed by atoms with Gasteiger partial charge in [0.2, 0.25) is 0 Å². The summed E-state index contributed by atoms with van der Waals surface area (Å²) in [6, 6.07) is 20.0. The van der Waals surface area contributed by atoms with E-state index in [-0.39, 0.29) is 5.91 Å². The van der Waals surface area contributed by atoms with E-state index in [0.717, 1.165) is 16.9 Å². The zero-order chi connectivity index (χ0) is 22.8. The zero-order valence-corrected chi connectivity index (χ0v) is 18.6. The molecule has 0 aliphatic rings. The molecule has 0 bridgehead atoms. The number of hydrogen-bond donors (Lipinski definition) is 0. The summed E-state index contributed by atoms with van der Waals surface area (Å²) in [5, 5.41) is 4.51. The lowest BCUT2D eigenvalue weighted by Crippen LogP contribution is -2.30. The molecule has 164 valence electrons. The van der Waals surface area contributed by atoms with E-state index in [1.165, 1.54) is 5.56 Å². The molecule has 2 aromatic carbocycles. The highest BCUT2D eigenvalue weighted by molar-refractivity contribution is 5.99. The minimum atomic E-state index is -0.125. The molecule has 0 saturated carbocycles. The Morgan fingerprint density at radius 2 is 1.79 bits per heavy atom. The molecule has 1 amide bonds. The molecular formula is C26H24N6O. The van der Waals surface area contributed by atoms with E-state index in [1.54, 1.807) is 23.5 Å². The van der Waals surface area contributed by atoms with Crippen LogP contribution in [0.15, 0.2) is 85.5 Å². The first-order chi connectivity index (χ1) is 16.2. The van der Waals surface area contributed by atoms with Crippen LogP contribution in [0.25, 0.3) is 22.7 Å². The van der Waals surface area contributed by atoms with Crippen LogP contribution in [0, 0.1) is 6.92 Å². The van der Waals surface area contributed by atoms with Gasteiger partial charge in [0.25, 0.3) is 5.91 Å². The van der Waals surface area contributed by atoms with E-state index in [1.807, 2.05) is 82.9 Å². The molecule has 0 saturated heterocycles. The van der Waals surface area contributed by atoms with Gasteiger partial charge in [-0.1, -0.05) is 48.0 Å². The van der Waals surface area contributed by atoms with Gasteiger partial charge < -0.3 is 4.90 Å². The van der Waals surface area contributed by atoms with Crippen LogP contribution in [0.4, 0.5) is 0 Å². The molecule has 3 heterocycles. The lowest BCUT2D eigenvalue weighted by Gasteiger charge is -2.20. The van der Waals surface area contributed by atoms with Gasteiger partial charge in [-0.2, -0.15) is 5.10 Å². The van der Waals surface area contributed by atoms with E-state index >= 15 is 0 Å². The summed E-state index contributed by atoms with van der Waals surface area (Å²) >= 11 is 0. The van der Waals surface area contributed by atoms with Gasteiger partial charge in [-0.15, -0.1) is 0 Å². The second-order valence-corrected chi connectivity index (χ2v) is 7.88. The van der Waals surface area contributed by atoms with Crippen molar-refractivity contribution in [3.05, 3.63) is 102 Å². The summed E-state index contributed by atoms with van der Waals surface area (Å²) in [7, 11) is 0. The van der Waals surface area contributed by atoms with Crippen molar-refractivity contribution in [3.8, 4) is 17.2 Å². The molecule has 3 aromatic heterocycles. The van der Waals surface area contributed by atoms with Crippen molar-refractivity contribution in [2.45, 2.75) is 20.4 Å². The first kappa shape index (κ1) is 20.6. The van der Waals surface area contributed by atoms with Gasteiger partial charge in [-0.05, 0) is 37.6 Å². The number of nitrogens with zero attached hydrogens (tertiary/aromatic N) is 6. The second-order valence-electron chi connectivity index (χ2n) is 7.88. The van der Waals surface area contributed by atoms with Gasteiger partial charge in [0.05, 0.1) is 23.6 Å². The maximum Gasteiger partial charge on any atom is 0.275 e. The summed E-state index contributed by atoms with van der Waals surface area (Å²) in [6.07, 6.45) is 6.95. The lowest BCUT2D eigenvalue weighted by molar-refractivity contribution is 0.0749. The number of hydrogen-bond acceptors (Lipinski definition) is 4. The molecule has 0 spiro atoms. The zero-order valence-electron chi connectivity index (χ0n) is 18.6. The Balaban J connectivity index is 1.58. The number of amides is 1. The quantitative estimate of drug-likeness (QED) is 0.392. The number of fused-ring (bicyclic) bond motifs is 1. The minimum absolute atomic E-state index is 0.125. The monoisotopic (exact) mass is 436 g/mol. The third-order valence-corrected chi connectivity index (χ3v) is 5.68. The van der Waals surface area contributed by atoms with Gasteiger partial charge in [0.1, 0.15) is 5.69 Å². The van der Waals surface area contributed by atoms with E-state index in [0.29, 0.717) is 30.1 Å². The lowest BCUT2D eigenvalue weighted by atomic mass is 10.2. The summed E-state index contributed by atoms with van der Waals surface area (Å²) in [4.78, 5) is 24.4. The topological polar surface area (TPSA) is 68.3 Å². The Labute approximate surface area is 192 Å². The predicted molar refractivity (Wildman–Crippen MR) is 127 cm³/mol. The molecule has 0 N–H and O–H groups in total. The third kappa shape index (κ3) is 3.89. The van der Waals surface area contributed by atoms with Gasteiger partial charge in [0, 0.05) is 25.5 Å². The predicted octanol–water partition coefficient (Wildman–Crippen LogP) is 4.55. The molecule has 0 atom stereocenters. The fourth-order valence-electron chi connectivity index (χ4n) is 3.92. The van der Waals surface area contributed by atoms with Crippen LogP contribution < -0.4 is 0 Å². The van der Waals surface area contributed by atoms with Crippen LogP contribution >= 0.6 is 0 Å². The molecule has 5 aromatic rings. The number of benzene rings is 2. The fourth-order valence-corrected chi connectivity index (χ4v) is 3.92. The standard InChI is InChI=1S/C26H24N6O/c1-3-30(18-20-7-5-4-6-8-20)26(33)24-23-17-27-15-16-31(23)25(29-24)22-13-14-28-32(22)21-11-9-19(2)10-12-21/h4-17H,3,18H2,1-2H3. The first-order valence-electron chi connectivity index (χ1n) is 10.9. The molecular weight excluding hydrogens is 412 g/mol. The number of carbonyl (C=O) groups excluding carboxylic acids is 1. The Kier molecular flexibility index (Phi) is 5.44. The summed E-state index contributed by atoms with van der Waals surface area (Å²) in [6.45, 7) is 5.12. The molecule has 33 heavy (non-hydrogen) atoms. The van der Waals surface area contributed by atoms with E-state index in [2.05, 4.69) is 17.0 Å². The number of carbonyl (C=O) groups is 1. The SMILES string of the molecule is CCN(Cc1ccccc1)C(=O)c1nc(-c2ccnn2-c2ccc(C)cc2)n2ccncc12. The van der Waals surface area contributed by atoms with E-state index < -0.39 is 0 Å². The first-order valence-corrected chi connectivity index (χ1v) is 10.9. The maximum atomic E-state index is 13.6.